The molecule has 0 aromatic heterocycles. The summed E-state index contributed by atoms with van der Waals surface area (Å²) in [6.45, 7) is 4.76. The molecule has 2 aliphatic rings. The quantitative estimate of drug-likeness (QED) is 0.667. The van der Waals surface area contributed by atoms with Gasteiger partial charge >= 0.3 is 0 Å². The minimum absolute atomic E-state index is 1.07. The van der Waals surface area contributed by atoms with Crippen LogP contribution in [0, 0.1) is 0 Å². The van der Waals surface area contributed by atoms with Gasteiger partial charge in [-0.05, 0) is 62.5 Å². The number of anilines is 2. The predicted octanol–water partition coefficient (Wildman–Crippen LogP) is 5.50. The van der Waals surface area contributed by atoms with Crippen molar-refractivity contribution in [2.75, 3.05) is 37.3 Å². The Balaban J connectivity index is 1.63. The molecule has 2 aromatic rings. The first-order valence-corrected chi connectivity index (χ1v) is 10.8. The summed E-state index contributed by atoms with van der Waals surface area (Å²) in [4.78, 5) is 9.27. The van der Waals surface area contributed by atoms with Crippen LogP contribution in [0.3, 0.4) is 0 Å². The molecule has 0 saturated carbocycles. The molecule has 24 heavy (non-hydrogen) atoms. The molecule has 0 spiro atoms. The lowest BCUT2D eigenvalue weighted by Crippen LogP contribution is -2.37. The number of fused-ring (bicyclic) bond motifs is 2. The molecule has 4 heteroatoms. The van der Waals surface area contributed by atoms with Crippen molar-refractivity contribution in [3.05, 3.63) is 42.5 Å². The van der Waals surface area contributed by atoms with Gasteiger partial charge in [0.2, 0.25) is 0 Å². The Labute approximate surface area is 153 Å². The minimum atomic E-state index is 1.07. The molecule has 2 aliphatic heterocycles. The number of para-hydroxylation sites is 1. The van der Waals surface area contributed by atoms with Crippen molar-refractivity contribution in [3.63, 3.8) is 0 Å². The first-order chi connectivity index (χ1) is 11.8. The van der Waals surface area contributed by atoms with Gasteiger partial charge in [0.25, 0.3) is 0 Å². The van der Waals surface area contributed by atoms with Crippen LogP contribution in [0.25, 0.3) is 0 Å². The molecule has 2 aromatic carbocycles. The van der Waals surface area contributed by atoms with E-state index in [4.69, 9.17) is 0 Å². The van der Waals surface area contributed by atoms with Crippen molar-refractivity contribution < 1.29 is 0 Å². The number of likely N-dealkylation sites (tertiary alicyclic amines) is 1. The topological polar surface area (TPSA) is 6.48 Å². The minimum Gasteiger partial charge on any atom is -0.338 e. The van der Waals surface area contributed by atoms with Gasteiger partial charge in [0.05, 0.1) is 11.4 Å². The number of piperidine rings is 1. The molecular weight excluding hydrogens is 332 g/mol. The number of thioether (sulfide) groups is 1. The third-order valence-electron chi connectivity index (χ3n) is 4.92. The van der Waals surface area contributed by atoms with Gasteiger partial charge in [-0.2, -0.15) is 0 Å². The van der Waals surface area contributed by atoms with E-state index >= 15 is 0 Å². The number of hydrogen-bond donors (Lipinski definition) is 0. The fourth-order valence-electron chi connectivity index (χ4n) is 3.60. The third-order valence-corrected chi connectivity index (χ3v) is 6.78. The van der Waals surface area contributed by atoms with Crippen LogP contribution in [0.1, 0.15) is 19.3 Å². The van der Waals surface area contributed by atoms with E-state index in [1.54, 1.807) is 0 Å². The van der Waals surface area contributed by atoms with Crippen LogP contribution in [0.2, 0.25) is 0 Å². The van der Waals surface area contributed by atoms with Gasteiger partial charge in [-0.3, -0.25) is 0 Å². The molecule has 0 bridgehead atoms. The largest absolute Gasteiger partial charge is 0.338 e. The highest BCUT2D eigenvalue weighted by Gasteiger charge is 2.24. The van der Waals surface area contributed by atoms with Crippen LogP contribution in [-0.2, 0) is 0 Å². The molecule has 1 fully saturated rings. The predicted molar refractivity (Wildman–Crippen MR) is 106 cm³/mol. The Bertz CT molecular complexity index is 711. The summed E-state index contributed by atoms with van der Waals surface area (Å²) in [5.74, 6) is 0. The maximum absolute atomic E-state index is 2.63. The van der Waals surface area contributed by atoms with Crippen LogP contribution in [0.15, 0.2) is 57.2 Å². The fourth-order valence-corrected chi connectivity index (χ4v) is 5.11. The van der Waals surface area contributed by atoms with Crippen LogP contribution < -0.4 is 4.90 Å². The summed E-state index contributed by atoms with van der Waals surface area (Å²) in [5.41, 5.74) is 2.74. The molecule has 1 saturated heterocycles. The standard InChI is InChI=1S/C20H24N2S2/c1-23-16-9-10-20-18(15-16)22(14-13-21-11-5-2-6-12-21)17-7-3-4-8-19(17)24-20/h3-4,7-10,15H,2,5-6,11-14H2,1H3. The second-order valence-electron chi connectivity index (χ2n) is 6.46. The molecule has 0 aliphatic carbocycles. The Morgan fingerprint density at radius 3 is 2.54 bits per heavy atom. The summed E-state index contributed by atoms with van der Waals surface area (Å²) in [6.07, 6.45) is 6.28. The smallest absolute Gasteiger partial charge is 0.0564 e. The second-order valence-corrected chi connectivity index (χ2v) is 8.42. The van der Waals surface area contributed by atoms with E-state index in [1.807, 2.05) is 23.5 Å². The number of nitrogens with zero attached hydrogens (tertiary/aromatic N) is 2. The van der Waals surface area contributed by atoms with E-state index in [2.05, 4.69) is 58.5 Å². The Morgan fingerprint density at radius 2 is 1.71 bits per heavy atom. The van der Waals surface area contributed by atoms with E-state index in [9.17, 15) is 0 Å². The molecular formula is C20H24N2S2. The first-order valence-electron chi connectivity index (χ1n) is 8.80. The molecule has 0 N–H and O–H groups in total. The van der Waals surface area contributed by atoms with Crippen molar-refractivity contribution in [3.8, 4) is 0 Å². The molecule has 126 valence electrons. The maximum atomic E-state index is 2.63. The lowest BCUT2D eigenvalue weighted by molar-refractivity contribution is 0.234. The van der Waals surface area contributed by atoms with Crippen LogP contribution in [0.4, 0.5) is 11.4 Å². The van der Waals surface area contributed by atoms with Gasteiger partial charge in [-0.15, -0.1) is 11.8 Å². The van der Waals surface area contributed by atoms with Crippen molar-refractivity contribution >= 4 is 34.9 Å². The van der Waals surface area contributed by atoms with Gasteiger partial charge in [0, 0.05) is 27.8 Å². The average Bonchev–Trinajstić information content (AvgIpc) is 2.65. The Morgan fingerprint density at radius 1 is 0.917 bits per heavy atom. The number of benzene rings is 2. The van der Waals surface area contributed by atoms with Gasteiger partial charge in [-0.25, -0.2) is 0 Å². The molecule has 0 amide bonds. The van der Waals surface area contributed by atoms with Crippen molar-refractivity contribution in [2.24, 2.45) is 0 Å². The zero-order valence-corrected chi connectivity index (χ0v) is 15.8. The third kappa shape index (κ3) is 3.32. The lowest BCUT2D eigenvalue weighted by atomic mass is 10.1. The maximum Gasteiger partial charge on any atom is 0.0564 e. The first kappa shape index (κ1) is 16.4. The lowest BCUT2D eigenvalue weighted by Gasteiger charge is -2.35. The number of rotatable bonds is 4. The van der Waals surface area contributed by atoms with E-state index in [0.29, 0.717) is 0 Å². The van der Waals surface area contributed by atoms with Crippen LogP contribution in [-0.4, -0.2) is 37.3 Å². The van der Waals surface area contributed by atoms with Gasteiger partial charge in [0.15, 0.2) is 0 Å². The average molecular weight is 357 g/mol. The van der Waals surface area contributed by atoms with Crippen molar-refractivity contribution in [2.45, 2.75) is 33.9 Å². The molecule has 0 atom stereocenters. The highest BCUT2D eigenvalue weighted by molar-refractivity contribution is 8.00. The zero-order chi connectivity index (χ0) is 16.4. The van der Waals surface area contributed by atoms with Gasteiger partial charge < -0.3 is 9.80 Å². The van der Waals surface area contributed by atoms with Gasteiger partial charge in [-0.1, -0.05) is 30.3 Å². The summed E-state index contributed by atoms with van der Waals surface area (Å²) < 4.78 is 0. The summed E-state index contributed by atoms with van der Waals surface area (Å²) in [7, 11) is 0. The van der Waals surface area contributed by atoms with E-state index in [-0.39, 0.29) is 0 Å². The molecule has 2 heterocycles. The zero-order valence-electron chi connectivity index (χ0n) is 14.2. The van der Waals surface area contributed by atoms with E-state index < -0.39 is 0 Å². The van der Waals surface area contributed by atoms with Gasteiger partial charge in [0.1, 0.15) is 0 Å². The molecule has 0 unspecified atom stereocenters. The highest BCUT2D eigenvalue weighted by Crippen LogP contribution is 2.48. The SMILES string of the molecule is CSc1ccc2c(c1)N(CCN1CCCCC1)c1ccccc1S2. The van der Waals surface area contributed by atoms with Crippen LogP contribution in [0.5, 0.6) is 0 Å². The molecule has 4 rings (SSSR count). The highest BCUT2D eigenvalue weighted by atomic mass is 32.2. The number of hydrogen-bond acceptors (Lipinski definition) is 4. The summed E-state index contributed by atoms with van der Waals surface area (Å²) in [5, 5.41) is 0. The summed E-state index contributed by atoms with van der Waals surface area (Å²) in [6, 6.07) is 15.7. The Kier molecular flexibility index (Phi) is 5.06. The van der Waals surface area contributed by atoms with Crippen molar-refractivity contribution in [1.82, 2.24) is 4.90 Å². The normalized spacial score (nSPS) is 17.5. The van der Waals surface area contributed by atoms with Crippen LogP contribution >= 0.6 is 23.5 Å². The fraction of sp³-hybridized carbons (Fsp3) is 0.400. The monoisotopic (exact) mass is 356 g/mol. The second kappa shape index (κ2) is 7.42. The van der Waals surface area contributed by atoms with E-state index in [1.165, 1.54) is 58.4 Å². The molecule has 0 radical (unpaired) electrons. The Hall–Kier alpha value is -1.10. The van der Waals surface area contributed by atoms with E-state index in [0.717, 1.165) is 13.1 Å². The summed E-state index contributed by atoms with van der Waals surface area (Å²) >= 11 is 3.73. The molecule has 2 nitrogen and oxygen atoms in total. The van der Waals surface area contributed by atoms with Crippen molar-refractivity contribution in [1.29, 1.82) is 0 Å².